The van der Waals surface area contributed by atoms with Gasteiger partial charge in [0.2, 0.25) is 5.91 Å². The summed E-state index contributed by atoms with van der Waals surface area (Å²) < 4.78 is 71.5. The highest BCUT2D eigenvalue weighted by atomic mass is 16.6. The Kier molecular flexibility index (Phi) is 32.0. The second kappa shape index (κ2) is 38.7. The number of rotatable bonds is 45. The number of esters is 1. The van der Waals surface area contributed by atoms with Crippen LogP contribution in [0.5, 0.6) is 5.75 Å². The number of hydrogen-bond donors (Lipinski definition) is 2. The van der Waals surface area contributed by atoms with Gasteiger partial charge in [-0.15, -0.1) is 0 Å². The van der Waals surface area contributed by atoms with Crippen LogP contribution in [-0.4, -0.2) is 205 Å². The zero-order valence-corrected chi connectivity index (χ0v) is 40.7. The Bertz CT molecular complexity index is 1840. The lowest BCUT2D eigenvalue weighted by molar-refractivity contribution is -0.149. The molecule has 20 nitrogen and oxygen atoms in total. The molecule has 0 saturated carbocycles. The molecule has 0 aromatic heterocycles. The number of phenols is 1. The number of fused-ring (bicyclic) bond motifs is 1. The molecule has 1 atom stereocenters. The highest BCUT2D eigenvalue weighted by molar-refractivity contribution is 6.21. The first-order chi connectivity index (χ1) is 34.9. The molecule has 0 saturated heterocycles. The number of hydrogen-bond acceptors (Lipinski definition) is 18. The number of amides is 3. The molecule has 1 aliphatic rings. The van der Waals surface area contributed by atoms with Gasteiger partial charge in [-0.2, -0.15) is 0 Å². The van der Waals surface area contributed by atoms with Crippen LogP contribution in [-0.2, 0) is 84.2 Å². The van der Waals surface area contributed by atoms with E-state index in [0.29, 0.717) is 156 Å². The summed E-state index contributed by atoms with van der Waals surface area (Å²) in [5.41, 5.74) is 2.46. The number of nitrogens with one attached hydrogen (secondary N) is 1. The summed E-state index contributed by atoms with van der Waals surface area (Å²) in [4.78, 5) is 51.5. The first-order valence-corrected chi connectivity index (χ1v) is 24.1. The number of phenolic OH excluding ortho intramolecular Hbond substituents is 1. The summed E-state index contributed by atoms with van der Waals surface area (Å²) in [5, 5.41) is 12.4. The molecule has 0 radical (unpaired) electrons. The molecule has 4 rings (SSSR count). The Balaban J connectivity index is 0.792. The Morgan fingerprint density at radius 2 is 0.789 bits per heavy atom. The van der Waals surface area contributed by atoms with E-state index < -0.39 is 12.0 Å². The number of carbonyl (C=O) groups excluding carboxylic acids is 4. The SMILES string of the molecule is O=C(CCOCCOCCOCCOCCOCCOCCOCCOCCOCCOCCOCCOCCN1C(=O)c2ccccc2C1=O)N[C@@H](Cc1ccc(O)cc1)C(=O)OCc1ccccc1. The molecule has 3 aromatic rings. The van der Waals surface area contributed by atoms with Gasteiger partial charge in [-0.3, -0.25) is 19.3 Å². The monoisotopic (exact) mass is 1000 g/mol. The Morgan fingerprint density at radius 1 is 0.437 bits per heavy atom. The largest absolute Gasteiger partial charge is 0.508 e. The summed E-state index contributed by atoms with van der Waals surface area (Å²) >= 11 is 0. The van der Waals surface area contributed by atoms with Gasteiger partial charge in [0.25, 0.3) is 11.8 Å². The van der Waals surface area contributed by atoms with Crippen molar-refractivity contribution >= 4 is 23.7 Å². The highest BCUT2D eigenvalue weighted by Crippen LogP contribution is 2.22. The van der Waals surface area contributed by atoms with Crippen molar-refractivity contribution in [3.05, 3.63) is 101 Å². The molecule has 2 N–H and O–H groups in total. The molecule has 0 unspecified atom stereocenters. The summed E-state index contributed by atoms with van der Waals surface area (Å²) in [6, 6.07) is 21.6. The van der Waals surface area contributed by atoms with Crippen LogP contribution >= 0.6 is 0 Å². The Morgan fingerprint density at radius 3 is 1.18 bits per heavy atom. The number of aromatic hydroxyl groups is 1. The number of carbonyl (C=O) groups is 4. The van der Waals surface area contributed by atoms with E-state index in [1.807, 2.05) is 30.3 Å². The van der Waals surface area contributed by atoms with E-state index >= 15 is 0 Å². The lowest BCUT2D eigenvalue weighted by atomic mass is 10.1. The third-order valence-electron chi connectivity index (χ3n) is 10.1. The van der Waals surface area contributed by atoms with Crippen molar-refractivity contribution in [2.75, 3.05) is 165 Å². The number of imide groups is 1. The summed E-state index contributed by atoms with van der Waals surface area (Å²) in [6.45, 7) is 9.98. The van der Waals surface area contributed by atoms with Crippen molar-refractivity contribution < 1.29 is 85.9 Å². The van der Waals surface area contributed by atoms with Crippen LogP contribution in [0.1, 0.15) is 38.3 Å². The first kappa shape index (κ1) is 58.6. The van der Waals surface area contributed by atoms with Crippen LogP contribution in [0, 0.1) is 0 Å². The molecule has 394 valence electrons. The lowest BCUT2D eigenvalue weighted by Crippen LogP contribution is -2.43. The molecule has 1 heterocycles. The van der Waals surface area contributed by atoms with E-state index in [1.165, 1.54) is 17.0 Å². The smallest absolute Gasteiger partial charge is 0.329 e. The minimum Gasteiger partial charge on any atom is -0.508 e. The zero-order chi connectivity index (χ0) is 50.2. The van der Waals surface area contributed by atoms with Gasteiger partial charge in [-0.25, -0.2) is 4.79 Å². The fourth-order valence-electron chi connectivity index (χ4n) is 6.44. The molecule has 3 amide bonds. The van der Waals surface area contributed by atoms with E-state index in [0.717, 1.165) is 11.1 Å². The fourth-order valence-corrected chi connectivity index (χ4v) is 6.44. The second-order valence-corrected chi connectivity index (χ2v) is 15.5. The summed E-state index contributed by atoms with van der Waals surface area (Å²) in [7, 11) is 0. The number of nitrogens with zero attached hydrogens (tertiary/aromatic N) is 1. The average Bonchev–Trinajstić information content (AvgIpc) is 3.63. The Hall–Kier alpha value is -4.94. The van der Waals surface area contributed by atoms with E-state index in [1.54, 1.807) is 36.4 Å². The van der Waals surface area contributed by atoms with E-state index in [-0.39, 0.29) is 62.7 Å². The van der Waals surface area contributed by atoms with Crippen LogP contribution < -0.4 is 5.32 Å². The predicted octanol–water partition coefficient (Wildman–Crippen LogP) is 3.05. The minimum absolute atomic E-state index is 0.0586. The van der Waals surface area contributed by atoms with Gasteiger partial charge >= 0.3 is 5.97 Å². The van der Waals surface area contributed by atoms with Gasteiger partial charge in [0.1, 0.15) is 18.4 Å². The van der Waals surface area contributed by atoms with Gasteiger partial charge in [-0.1, -0.05) is 54.6 Å². The van der Waals surface area contributed by atoms with E-state index in [9.17, 15) is 24.3 Å². The molecule has 71 heavy (non-hydrogen) atoms. The number of benzene rings is 3. The quantitative estimate of drug-likeness (QED) is 0.0472. The normalized spacial score (nSPS) is 12.6. The maximum atomic E-state index is 12.9. The molecular formula is C51H72N2O18. The van der Waals surface area contributed by atoms with Gasteiger partial charge < -0.3 is 72.0 Å². The maximum Gasteiger partial charge on any atom is 0.329 e. The molecule has 1 aliphatic heterocycles. The average molecular weight is 1000 g/mol. The van der Waals surface area contributed by atoms with Crippen LogP contribution in [0.2, 0.25) is 0 Å². The van der Waals surface area contributed by atoms with Crippen molar-refractivity contribution in [3.8, 4) is 5.75 Å². The third-order valence-corrected chi connectivity index (χ3v) is 10.1. The molecule has 0 bridgehead atoms. The van der Waals surface area contributed by atoms with Crippen LogP contribution in [0.15, 0.2) is 78.9 Å². The summed E-state index contributed by atoms with van der Waals surface area (Å²) in [5.74, 6) is -1.36. The van der Waals surface area contributed by atoms with E-state index in [4.69, 9.17) is 61.6 Å². The lowest BCUT2D eigenvalue weighted by Gasteiger charge is -2.18. The topological polar surface area (TPSA) is 224 Å². The molecule has 0 aliphatic carbocycles. The standard InChI is InChI=1S/C51H72N2O18/c54-44-12-10-42(11-13-44)40-47(51(58)71-41-43-6-2-1-3-7-43)52-48(55)14-16-59-18-20-61-22-24-63-26-28-65-30-32-67-34-36-69-38-39-70-37-35-68-33-31-66-29-27-64-25-23-62-21-19-60-17-15-53-49(56)45-8-4-5-9-46(45)50(53)57/h1-13,47,54H,14-41H2,(H,52,55)/t47-/m0/s1. The molecular weight excluding hydrogens is 929 g/mol. The van der Waals surface area contributed by atoms with Gasteiger partial charge in [-0.05, 0) is 35.4 Å². The van der Waals surface area contributed by atoms with E-state index in [2.05, 4.69) is 5.32 Å². The zero-order valence-electron chi connectivity index (χ0n) is 40.7. The minimum atomic E-state index is -0.900. The summed E-state index contributed by atoms with van der Waals surface area (Å²) in [6.07, 6.45) is 0.268. The van der Waals surface area contributed by atoms with Crippen LogP contribution in [0.25, 0.3) is 0 Å². The van der Waals surface area contributed by atoms with Gasteiger partial charge in [0.15, 0.2) is 0 Å². The molecule has 0 spiro atoms. The molecule has 0 fully saturated rings. The number of ether oxygens (including phenoxy) is 13. The first-order valence-electron chi connectivity index (χ1n) is 24.1. The fraction of sp³-hybridized carbons (Fsp3) is 0.569. The molecule has 20 heteroatoms. The van der Waals surface area contributed by atoms with Crippen LogP contribution in [0.4, 0.5) is 0 Å². The van der Waals surface area contributed by atoms with Crippen molar-refractivity contribution in [1.82, 2.24) is 10.2 Å². The van der Waals surface area contributed by atoms with Crippen LogP contribution in [0.3, 0.4) is 0 Å². The van der Waals surface area contributed by atoms with Crippen molar-refractivity contribution in [2.24, 2.45) is 0 Å². The van der Waals surface area contributed by atoms with Gasteiger partial charge in [0, 0.05) is 12.8 Å². The van der Waals surface area contributed by atoms with Crippen molar-refractivity contribution in [1.29, 1.82) is 0 Å². The second-order valence-electron chi connectivity index (χ2n) is 15.5. The highest BCUT2D eigenvalue weighted by Gasteiger charge is 2.34. The Labute approximate surface area is 416 Å². The predicted molar refractivity (Wildman–Crippen MR) is 256 cm³/mol. The third kappa shape index (κ3) is 26.9. The maximum absolute atomic E-state index is 12.9. The molecule has 3 aromatic carbocycles. The van der Waals surface area contributed by atoms with Crippen molar-refractivity contribution in [2.45, 2.75) is 25.5 Å². The van der Waals surface area contributed by atoms with Gasteiger partial charge in [0.05, 0.1) is 176 Å². The van der Waals surface area contributed by atoms with Crippen molar-refractivity contribution in [3.63, 3.8) is 0 Å².